The third kappa shape index (κ3) is 8.83. The monoisotopic (exact) mass is 733 g/mol. The summed E-state index contributed by atoms with van der Waals surface area (Å²) in [7, 11) is 0. The molecule has 8 rings (SSSR count). The predicted octanol–water partition coefficient (Wildman–Crippen LogP) is 7.33. The molecule has 0 saturated carbocycles. The van der Waals surface area contributed by atoms with Crippen LogP contribution in [0.2, 0.25) is 0 Å². The molecule has 2 aliphatic rings. The van der Waals surface area contributed by atoms with E-state index in [0.29, 0.717) is 17.8 Å². The van der Waals surface area contributed by atoms with E-state index in [1.54, 1.807) is 0 Å². The highest BCUT2D eigenvalue weighted by molar-refractivity contribution is 5.93. The molecule has 1 aromatic heterocycles. The Hall–Kier alpha value is -5.29. The summed E-state index contributed by atoms with van der Waals surface area (Å²) in [6.45, 7) is 8.45. The molecule has 0 radical (unpaired) electrons. The van der Waals surface area contributed by atoms with Crippen molar-refractivity contribution in [3.8, 4) is 11.1 Å². The Balaban J connectivity index is 0.940. The van der Waals surface area contributed by atoms with Crippen molar-refractivity contribution in [1.82, 2.24) is 25.1 Å². The number of fused-ring (bicyclic) bond motifs is 1. The molecule has 6 aromatic rings. The zero-order valence-corrected chi connectivity index (χ0v) is 31.1. The van der Waals surface area contributed by atoms with Crippen LogP contribution in [0.3, 0.4) is 0 Å². The van der Waals surface area contributed by atoms with E-state index in [1.165, 1.54) is 11.8 Å². The first-order valence-corrected chi connectivity index (χ1v) is 19.2. The number of aromatic nitrogens is 2. The van der Waals surface area contributed by atoms with Crippen LogP contribution >= 0.6 is 0 Å². The lowest BCUT2D eigenvalue weighted by molar-refractivity contribution is -0.276. The normalized spacial score (nSPS) is 20.7. The van der Waals surface area contributed by atoms with Crippen molar-refractivity contribution < 1.29 is 19.4 Å². The fourth-order valence-corrected chi connectivity index (χ4v) is 7.59. The van der Waals surface area contributed by atoms with Crippen molar-refractivity contribution in [3.05, 3.63) is 167 Å². The van der Waals surface area contributed by atoms with Gasteiger partial charge in [0, 0.05) is 57.3 Å². The molecule has 2 saturated heterocycles. The van der Waals surface area contributed by atoms with Gasteiger partial charge in [-0.25, -0.2) is 4.98 Å². The Morgan fingerprint density at radius 2 is 1.42 bits per heavy atom. The number of aliphatic hydroxyl groups is 1. The number of ether oxygens (including phenoxy) is 2. The van der Waals surface area contributed by atoms with Crippen LogP contribution in [0.1, 0.15) is 57.6 Å². The molecule has 2 aliphatic heterocycles. The number of carbonyl (C=O) groups excluding carboxylic acids is 1. The minimum absolute atomic E-state index is 0.0103. The van der Waals surface area contributed by atoms with Crippen LogP contribution in [0.25, 0.3) is 22.2 Å². The molecule has 280 valence electrons. The lowest BCUT2D eigenvalue weighted by Crippen LogP contribution is -2.51. The SMILES string of the molecule is C[C@@H]1[C@H](CN2CCN(Cc3ccccc3)CC2)O[C@H](c2ccc(-c3cccc(CNC(=O)c4cnc5ccccc5n4)c3)cc2)O[C@@H]1c1ccc(CO)cc1. The number of benzene rings is 5. The van der Waals surface area contributed by atoms with Crippen LogP contribution in [0.4, 0.5) is 0 Å². The molecule has 3 heterocycles. The summed E-state index contributed by atoms with van der Waals surface area (Å²) in [5, 5.41) is 12.7. The second-order valence-electron chi connectivity index (χ2n) is 14.6. The van der Waals surface area contributed by atoms with Gasteiger partial charge in [0.1, 0.15) is 5.69 Å². The molecule has 0 bridgehead atoms. The Labute approximate surface area is 322 Å². The van der Waals surface area contributed by atoms with Gasteiger partial charge in [-0.15, -0.1) is 0 Å². The highest BCUT2D eigenvalue weighted by Crippen LogP contribution is 2.42. The van der Waals surface area contributed by atoms with Crippen LogP contribution in [0.5, 0.6) is 0 Å². The van der Waals surface area contributed by atoms with Gasteiger partial charge < -0.3 is 19.9 Å². The third-order valence-electron chi connectivity index (χ3n) is 10.9. The smallest absolute Gasteiger partial charge is 0.271 e. The lowest BCUT2D eigenvalue weighted by Gasteiger charge is -2.44. The van der Waals surface area contributed by atoms with E-state index in [-0.39, 0.29) is 30.6 Å². The predicted molar refractivity (Wildman–Crippen MR) is 214 cm³/mol. The van der Waals surface area contributed by atoms with E-state index >= 15 is 0 Å². The van der Waals surface area contributed by atoms with Crippen molar-refractivity contribution in [2.45, 2.75) is 45.1 Å². The van der Waals surface area contributed by atoms with Crippen LogP contribution in [-0.4, -0.2) is 69.6 Å². The summed E-state index contributed by atoms with van der Waals surface area (Å²) in [6.07, 6.45) is 0.788. The topological polar surface area (TPSA) is 100 Å². The summed E-state index contributed by atoms with van der Waals surface area (Å²) < 4.78 is 13.6. The number of carbonyl (C=O) groups is 1. The molecule has 2 N–H and O–H groups in total. The molecule has 0 aliphatic carbocycles. The number of nitrogens with zero attached hydrogens (tertiary/aromatic N) is 4. The van der Waals surface area contributed by atoms with Gasteiger partial charge in [0.15, 0.2) is 6.29 Å². The van der Waals surface area contributed by atoms with Gasteiger partial charge in [-0.1, -0.05) is 116 Å². The van der Waals surface area contributed by atoms with Crippen molar-refractivity contribution in [1.29, 1.82) is 0 Å². The highest BCUT2D eigenvalue weighted by atomic mass is 16.7. The molecule has 2 fully saturated rings. The number of hydrogen-bond acceptors (Lipinski definition) is 8. The van der Waals surface area contributed by atoms with E-state index in [4.69, 9.17) is 9.47 Å². The van der Waals surface area contributed by atoms with Crippen molar-refractivity contribution in [2.75, 3.05) is 32.7 Å². The van der Waals surface area contributed by atoms with Crippen molar-refractivity contribution in [2.24, 2.45) is 5.92 Å². The maximum Gasteiger partial charge on any atom is 0.271 e. The molecule has 4 atom stereocenters. The van der Waals surface area contributed by atoms with Crippen LogP contribution < -0.4 is 5.32 Å². The van der Waals surface area contributed by atoms with E-state index in [1.807, 2.05) is 48.5 Å². The number of hydrogen-bond donors (Lipinski definition) is 2. The molecule has 0 spiro atoms. The fourth-order valence-electron chi connectivity index (χ4n) is 7.59. The largest absolute Gasteiger partial charge is 0.392 e. The Kier molecular flexibility index (Phi) is 11.3. The Morgan fingerprint density at radius 3 is 2.18 bits per heavy atom. The zero-order chi connectivity index (χ0) is 37.6. The fraction of sp³-hybridized carbons (Fsp3) is 0.283. The number of rotatable bonds is 11. The van der Waals surface area contributed by atoms with E-state index in [0.717, 1.165) is 78.2 Å². The quantitative estimate of drug-likeness (QED) is 0.143. The number of nitrogens with one attached hydrogen (secondary N) is 1. The second kappa shape index (κ2) is 17.0. The standard InChI is InChI=1S/C46H47N5O4/c1-32-43(30-51-24-22-50(23-25-51)29-33-8-3-2-4-9-33)54-46(55-44(32)37-16-14-34(31-52)15-17-37)38-20-18-36(19-21-38)39-11-7-10-35(26-39)27-48-45(53)42-28-47-40-12-5-6-13-41(40)49-42/h2-21,26,28,32,43-44,46,52H,22-25,27,29-31H2,1H3,(H,48,53)/t32-,43+,44+,46+/m1/s1. The summed E-state index contributed by atoms with van der Waals surface area (Å²) in [5.74, 6) is -0.143. The van der Waals surface area contributed by atoms with Gasteiger partial charge in [0.25, 0.3) is 5.91 Å². The second-order valence-corrected chi connectivity index (χ2v) is 14.6. The Bertz CT molecular complexity index is 2190. The summed E-state index contributed by atoms with van der Waals surface area (Å²) >= 11 is 0. The van der Waals surface area contributed by atoms with Crippen LogP contribution in [0.15, 0.2) is 134 Å². The van der Waals surface area contributed by atoms with Gasteiger partial charge in [0.2, 0.25) is 0 Å². The van der Waals surface area contributed by atoms with Gasteiger partial charge in [-0.3, -0.25) is 19.6 Å². The maximum atomic E-state index is 12.9. The first-order chi connectivity index (χ1) is 27.0. The zero-order valence-electron chi connectivity index (χ0n) is 31.1. The minimum Gasteiger partial charge on any atom is -0.392 e. The number of para-hydroxylation sites is 2. The Morgan fingerprint density at radius 1 is 0.727 bits per heavy atom. The summed E-state index contributed by atoms with van der Waals surface area (Å²) in [5.41, 5.74) is 9.11. The maximum absolute atomic E-state index is 12.9. The van der Waals surface area contributed by atoms with Crippen molar-refractivity contribution in [3.63, 3.8) is 0 Å². The minimum atomic E-state index is -0.531. The molecule has 9 heteroatoms. The molecular weight excluding hydrogens is 687 g/mol. The number of aliphatic hydroxyl groups excluding tert-OH is 1. The van der Waals surface area contributed by atoms with Gasteiger partial charge in [-0.05, 0) is 51.6 Å². The van der Waals surface area contributed by atoms with Crippen LogP contribution in [-0.2, 0) is 29.2 Å². The lowest BCUT2D eigenvalue weighted by atomic mass is 9.89. The number of piperazine rings is 1. The average Bonchev–Trinajstić information content (AvgIpc) is 3.24. The average molecular weight is 734 g/mol. The van der Waals surface area contributed by atoms with Gasteiger partial charge >= 0.3 is 0 Å². The van der Waals surface area contributed by atoms with Crippen molar-refractivity contribution >= 4 is 16.9 Å². The third-order valence-corrected chi connectivity index (χ3v) is 10.9. The molecule has 5 aromatic carbocycles. The molecule has 1 amide bonds. The highest BCUT2D eigenvalue weighted by Gasteiger charge is 2.39. The van der Waals surface area contributed by atoms with Crippen LogP contribution in [0, 0.1) is 5.92 Å². The summed E-state index contributed by atoms with van der Waals surface area (Å²) in [4.78, 5) is 26.8. The van der Waals surface area contributed by atoms with E-state index in [9.17, 15) is 9.90 Å². The molecule has 0 unspecified atom stereocenters. The number of amides is 1. The van der Waals surface area contributed by atoms with Gasteiger partial charge in [0.05, 0.1) is 36.0 Å². The summed E-state index contributed by atoms with van der Waals surface area (Å²) in [6, 6.07) is 42.9. The molecular formula is C46H47N5O4. The van der Waals surface area contributed by atoms with E-state index < -0.39 is 6.29 Å². The van der Waals surface area contributed by atoms with E-state index in [2.05, 4.69) is 111 Å². The first-order valence-electron chi connectivity index (χ1n) is 19.2. The first kappa shape index (κ1) is 36.7. The molecule has 55 heavy (non-hydrogen) atoms. The van der Waals surface area contributed by atoms with Gasteiger partial charge in [-0.2, -0.15) is 0 Å². The molecule has 9 nitrogen and oxygen atoms in total.